The summed E-state index contributed by atoms with van der Waals surface area (Å²) in [6.45, 7) is 3.90. The van der Waals surface area contributed by atoms with Crippen molar-refractivity contribution in [3.8, 4) is 0 Å². The fourth-order valence-electron chi connectivity index (χ4n) is 2.67. The molecule has 1 aliphatic rings. The molecular weight excluding hydrogens is 242 g/mol. The first-order valence-corrected chi connectivity index (χ1v) is 6.86. The highest BCUT2D eigenvalue weighted by Crippen LogP contribution is 2.25. The van der Waals surface area contributed by atoms with E-state index in [1.54, 1.807) is 0 Å². The van der Waals surface area contributed by atoms with Crippen LogP contribution in [0.15, 0.2) is 6.07 Å². The Bertz CT molecular complexity index is 442. The lowest BCUT2D eigenvalue weighted by atomic mass is 10.0. The van der Waals surface area contributed by atoms with Gasteiger partial charge in [0.25, 0.3) is 0 Å². The van der Waals surface area contributed by atoms with Crippen molar-refractivity contribution in [1.82, 2.24) is 9.97 Å². The fourth-order valence-corrected chi connectivity index (χ4v) is 2.67. The molecule has 0 bridgehead atoms. The molecule has 5 nitrogen and oxygen atoms in total. The maximum absolute atomic E-state index is 11.0. The molecule has 1 saturated carbocycles. The Kier molecular flexibility index (Phi) is 4.35. The quantitative estimate of drug-likeness (QED) is 0.820. The van der Waals surface area contributed by atoms with Gasteiger partial charge in [-0.2, -0.15) is 0 Å². The topological polar surface area (TPSA) is 75.1 Å². The summed E-state index contributed by atoms with van der Waals surface area (Å²) in [5.74, 6) is -0.188. The Hall–Kier alpha value is -1.65. The van der Waals surface area contributed by atoms with Crippen LogP contribution in [0.4, 0.5) is 5.95 Å². The van der Waals surface area contributed by atoms with Crippen LogP contribution >= 0.6 is 0 Å². The number of aryl methyl sites for hydroxylation is 2. The number of carbonyl (C=O) groups is 1. The van der Waals surface area contributed by atoms with E-state index in [4.69, 9.17) is 5.11 Å². The number of anilines is 1. The van der Waals surface area contributed by atoms with Crippen molar-refractivity contribution in [2.24, 2.45) is 5.92 Å². The maximum Gasteiger partial charge on any atom is 0.306 e. The minimum atomic E-state index is -0.664. The molecule has 0 amide bonds. The van der Waals surface area contributed by atoms with E-state index in [2.05, 4.69) is 15.3 Å². The SMILES string of the molecule is Cc1cc(C)nc(NC2CCCC(C(=O)O)CC2)n1. The second-order valence-electron chi connectivity index (χ2n) is 5.36. The van der Waals surface area contributed by atoms with Gasteiger partial charge in [0.05, 0.1) is 5.92 Å². The number of nitrogens with zero attached hydrogens (tertiary/aromatic N) is 2. The van der Waals surface area contributed by atoms with Crippen LogP contribution in [0.3, 0.4) is 0 Å². The van der Waals surface area contributed by atoms with Gasteiger partial charge >= 0.3 is 5.97 Å². The van der Waals surface area contributed by atoms with Gasteiger partial charge in [0.15, 0.2) is 0 Å². The van der Waals surface area contributed by atoms with E-state index >= 15 is 0 Å². The molecule has 0 radical (unpaired) electrons. The van der Waals surface area contributed by atoms with E-state index in [-0.39, 0.29) is 12.0 Å². The number of rotatable bonds is 3. The molecule has 0 aliphatic heterocycles. The minimum Gasteiger partial charge on any atom is -0.481 e. The first-order chi connectivity index (χ1) is 9.04. The van der Waals surface area contributed by atoms with Gasteiger partial charge in [-0.15, -0.1) is 0 Å². The second kappa shape index (κ2) is 5.99. The van der Waals surface area contributed by atoms with Gasteiger partial charge in [-0.05, 0) is 45.6 Å². The van der Waals surface area contributed by atoms with Crippen LogP contribution in [-0.2, 0) is 4.79 Å². The summed E-state index contributed by atoms with van der Waals surface area (Å²) in [4.78, 5) is 19.8. The predicted octanol–water partition coefficient (Wildman–Crippen LogP) is 2.54. The standard InChI is InChI=1S/C14H21N3O2/c1-9-8-10(2)16-14(15-9)17-12-5-3-4-11(6-7-12)13(18)19/h8,11-12H,3-7H2,1-2H3,(H,18,19)(H,15,16,17). The fraction of sp³-hybridized carbons (Fsp3) is 0.643. The summed E-state index contributed by atoms with van der Waals surface area (Å²) in [6.07, 6.45) is 4.31. The number of nitrogens with one attached hydrogen (secondary N) is 1. The molecule has 2 atom stereocenters. The van der Waals surface area contributed by atoms with E-state index in [0.717, 1.165) is 43.5 Å². The summed E-state index contributed by atoms with van der Waals surface area (Å²) in [5.41, 5.74) is 1.90. The summed E-state index contributed by atoms with van der Waals surface area (Å²) in [5, 5.41) is 12.4. The third kappa shape index (κ3) is 3.91. The zero-order valence-corrected chi connectivity index (χ0v) is 11.5. The molecule has 19 heavy (non-hydrogen) atoms. The summed E-state index contributed by atoms with van der Waals surface area (Å²) >= 11 is 0. The lowest BCUT2D eigenvalue weighted by Gasteiger charge is -2.16. The Morgan fingerprint density at radius 2 is 1.89 bits per heavy atom. The van der Waals surface area contributed by atoms with Gasteiger partial charge in [0.1, 0.15) is 0 Å². The van der Waals surface area contributed by atoms with E-state index < -0.39 is 5.97 Å². The molecule has 1 heterocycles. The van der Waals surface area contributed by atoms with Gasteiger partial charge in [-0.1, -0.05) is 6.42 Å². The summed E-state index contributed by atoms with van der Waals surface area (Å²) < 4.78 is 0. The van der Waals surface area contributed by atoms with Crippen LogP contribution in [-0.4, -0.2) is 27.1 Å². The van der Waals surface area contributed by atoms with Crippen molar-refractivity contribution in [2.75, 3.05) is 5.32 Å². The number of carboxylic acid groups (broad SMARTS) is 1. The van der Waals surface area contributed by atoms with Crippen molar-refractivity contribution < 1.29 is 9.90 Å². The van der Waals surface area contributed by atoms with Gasteiger partial charge < -0.3 is 10.4 Å². The molecule has 1 fully saturated rings. The minimum absolute atomic E-state index is 0.188. The number of aliphatic carboxylic acids is 1. The molecule has 1 aliphatic carbocycles. The molecule has 104 valence electrons. The molecule has 0 saturated heterocycles. The van der Waals surface area contributed by atoms with Gasteiger partial charge in [0.2, 0.25) is 5.95 Å². The van der Waals surface area contributed by atoms with Crippen LogP contribution in [0.25, 0.3) is 0 Å². The highest BCUT2D eigenvalue weighted by molar-refractivity contribution is 5.69. The first kappa shape index (κ1) is 13.8. The Morgan fingerprint density at radius 3 is 2.53 bits per heavy atom. The lowest BCUT2D eigenvalue weighted by Crippen LogP contribution is -2.21. The summed E-state index contributed by atoms with van der Waals surface area (Å²) in [7, 11) is 0. The normalized spacial score (nSPS) is 23.7. The lowest BCUT2D eigenvalue weighted by molar-refractivity contribution is -0.142. The van der Waals surface area contributed by atoms with Crippen molar-refractivity contribution in [1.29, 1.82) is 0 Å². The second-order valence-corrected chi connectivity index (χ2v) is 5.36. The first-order valence-electron chi connectivity index (χ1n) is 6.86. The number of carboxylic acids is 1. The van der Waals surface area contributed by atoms with E-state index in [9.17, 15) is 4.79 Å². The van der Waals surface area contributed by atoms with Crippen molar-refractivity contribution in [3.63, 3.8) is 0 Å². The van der Waals surface area contributed by atoms with Crippen molar-refractivity contribution in [3.05, 3.63) is 17.5 Å². The monoisotopic (exact) mass is 263 g/mol. The number of hydrogen-bond donors (Lipinski definition) is 2. The molecule has 2 unspecified atom stereocenters. The van der Waals surface area contributed by atoms with Crippen LogP contribution in [0.2, 0.25) is 0 Å². The third-order valence-electron chi connectivity index (χ3n) is 3.63. The van der Waals surface area contributed by atoms with E-state index in [1.807, 2.05) is 19.9 Å². The highest BCUT2D eigenvalue weighted by atomic mass is 16.4. The van der Waals surface area contributed by atoms with Crippen LogP contribution in [0.1, 0.15) is 43.5 Å². The van der Waals surface area contributed by atoms with Crippen molar-refractivity contribution >= 4 is 11.9 Å². The largest absolute Gasteiger partial charge is 0.481 e. The molecule has 2 N–H and O–H groups in total. The Morgan fingerprint density at radius 1 is 1.21 bits per heavy atom. The predicted molar refractivity (Wildman–Crippen MR) is 73.1 cm³/mol. The van der Waals surface area contributed by atoms with Gasteiger partial charge in [0, 0.05) is 17.4 Å². The smallest absolute Gasteiger partial charge is 0.306 e. The molecule has 0 aromatic carbocycles. The number of hydrogen-bond acceptors (Lipinski definition) is 4. The Labute approximate surface area is 113 Å². The number of aromatic nitrogens is 2. The molecule has 2 rings (SSSR count). The van der Waals surface area contributed by atoms with Crippen molar-refractivity contribution in [2.45, 2.75) is 52.0 Å². The maximum atomic E-state index is 11.0. The average molecular weight is 263 g/mol. The average Bonchev–Trinajstić information content (AvgIpc) is 2.53. The molecule has 5 heteroatoms. The van der Waals surface area contributed by atoms with Crippen LogP contribution < -0.4 is 5.32 Å². The zero-order valence-electron chi connectivity index (χ0n) is 11.5. The van der Waals surface area contributed by atoms with Crippen LogP contribution in [0, 0.1) is 19.8 Å². The molecular formula is C14H21N3O2. The zero-order chi connectivity index (χ0) is 13.8. The van der Waals surface area contributed by atoms with E-state index in [1.165, 1.54) is 0 Å². The third-order valence-corrected chi connectivity index (χ3v) is 3.63. The van der Waals surface area contributed by atoms with Crippen LogP contribution in [0.5, 0.6) is 0 Å². The van der Waals surface area contributed by atoms with Gasteiger partial charge in [-0.25, -0.2) is 9.97 Å². The molecule has 1 aromatic heterocycles. The van der Waals surface area contributed by atoms with E-state index in [0.29, 0.717) is 5.95 Å². The highest BCUT2D eigenvalue weighted by Gasteiger charge is 2.23. The Balaban J connectivity index is 1.97. The van der Waals surface area contributed by atoms with Gasteiger partial charge in [-0.3, -0.25) is 4.79 Å². The molecule has 0 spiro atoms. The molecule has 1 aromatic rings. The summed E-state index contributed by atoms with van der Waals surface area (Å²) in [6, 6.07) is 2.23.